The third-order valence-corrected chi connectivity index (χ3v) is 6.89. The molecule has 1 atom stereocenters. The van der Waals surface area contributed by atoms with Crippen LogP contribution in [0.1, 0.15) is 56.4 Å². The van der Waals surface area contributed by atoms with Gasteiger partial charge in [0.2, 0.25) is 5.91 Å². The highest BCUT2D eigenvalue weighted by Crippen LogP contribution is 2.30. The van der Waals surface area contributed by atoms with E-state index in [-0.39, 0.29) is 5.91 Å². The average molecular weight is 422 g/mol. The Kier molecular flexibility index (Phi) is 7.57. The van der Waals surface area contributed by atoms with E-state index in [2.05, 4.69) is 28.1 Å². The first-order valence-corrected chi connectivity index (χ1v) is 11.8. The van der Waals surface area contributed by atoms with Crippen LogP contribution in [0.3, 0.4) is 0 Å². The molecule has 1 aromatic heterocycles. The molecule has 1 amide bonds. The lowest BCUT2D eigenvalue weighted by Crippen LogP contribution is -2.39. The van der Waals surface area contributed by atoms with E-state index in [0.29, 0.717) is 24.8 Å². The first-order chi connectivity index (χ1) is 15.2. The summed E-state index contributed by atoms with van der Waals surface area (Å²) in [5, 5.41) is 0. The maximum absolute atomic E-state index is 13.2. The number of rotatable bonds is 8. The summed E-state index contributed by atoms with van der Waals surface area (Å²) in [6.07, 6.45) is 9.81. The van der Waals surface area contributed by atoms with E-state index in [0.717, 1.165) is 37.6 Å². The molecule has 5 heteroatoms. The lowest BCUT2D eigenvalue weighted by molar-refractivity contribution is -0.119. The Bertz CT molecular complexity index is 836. The fourth-order valence-corrected chi connectivity index (χ4v) is 5.07. The molecule has 31 heavy (non-hydrogen) atoms. The number of likely N-dealkylation sites (tertiary alicyclic amines) is 1. The van der Waals surface area contributed by atoms with Crippen molar-refractivity contribution >= 4 is 11.7 Å². The number of methoxy groups -OCH3 is 1. The molecule has 166 valence electrons. The van der Waals surface area contributed by atoms with Gasteiger partial charge in [-0.25, -0.2) is 4.98 Å². The molecule has 5 nitrogen and oxygen atoms in total. The number of benzene rings is 1. The van der Waals surface area contributed by atoms with E-state index in [1.54, 1.807) is 13.3 Å². The summed E-state index contributed by atoms with van der Waals surface area (Å²) in [7, 11) is 1.72. The number of amides is 1. The van der Waals surface area contributed by atoms with Gasteiger partial charge in [-0.15, -0.1) is 0 Å². The molecule has 2 fully saturated rings. The zero-order chi connectivity index (χ0) is 21.5. The summed E-state index contributed by atoms with van der Waals surface area (Å²) >= 11 is 0. The normalized spacial score (nSPS) is 20.0. The summed E-state index contributed by atoms with van der Waals surface area (Å²) in [5.41, 5.74) is 1.34. The largest absolute Gasteiger partial charge is 0.497 e. The number of carbonyl (C=O) groups is 1. The van der Waals surface area contributed by atoms with Crippen molar-refractivity contribution in [3.05, 3.63) is 54.2 Å². The molecular formula is C26H35N3O2. The van der Waals surface area contributed by atoms with Crippen LogP contribution in [0.4, 0.5) is 5.82 Å². The Morgan fingerprint density at radius 2 is 2.00 bits per heavy atom. The van der Waals surface area contributed by atoms with E-state index < -0.39 is 0 Å². The fraction of sp³-hybridized carbons (Fsp3) is 0.538. The molecule has 1 aliphatic carbocycles. The number of hydrogen-bond acceptors (Lipinski definition) is 4. The molecule has 2 aromatic rings. The molecular weight excluding hydrogens is 386 g/mol. The monoisotopic (exact) mass is 421 g/mol. The van der Waals surface area contributed by atoms with Crippen LogP contribution in [0.2, 0.25) is 0 Å². The maximum atomic E-state index is 13.2. The second-order valence-electron chi connectivity index (χ2n) is 9.00. The minimum atomic E-state index is 0.231. The quantitative estimate of drug-likeness (QED) is 0.609. The lowest BCUT2D eigenvalue weighted by atomic mass is 9.86. The zero-order valence-electron chi connectivity index (χ0n) is 18.7. The van der Waals surface area contributed by atoms with Crippen molar-refractivity contribution in [1.82, 2.24) is 9.88 Å². The molecule has 0 spiro atoms. The minimum Gasteiger partial charge on any atom is -0.497 e. The number of pyridine rings is 1. The van der Waals surface area contributed by atoms with E-state index in [1.165, 1.54) is 37.7 Å². The van der Waals surface area contributed by atoms with Gasteiger partial charge in [0.05, 0.1) is 7.11 Å². The van der Waals surface area contributed by atoms with Gasteiger partial charge >= 0.3 is 0 Å². The van der Waals surface area contributed by atoms with E-state index in [9.17, 15) is 4.79 Å². The Morgan fingerprint density at radius 1 is 1.13 bits per heavy atom. The average Bonchev–Trinajstić information content (AvgIpc) is 3.30. The molecule has 1 aromatic carbocycles. The van der Waals surface area contributed by atoms with Gasteiger partial charge in [-0.1, -0.05) is 37.5 Å². The predicted octanol–water partition coefficient (Wildman–Crippen LogP) is 4.88. The Labute approximate surface area is 186 Å². The third kappa shape index (κ3) is 5.85. The molecule has 0 bridgehead atoms. The molecule has 2 heterocycles. The third-order valence-electron chi connectivity index (χ3n) is 6.89. The van der Waals surface area contributed by atoms with Crippen LogP contribution in [-0.4, -0.2) is 49.1 Å². The summed E-state index contributed by atoms with van der Waals surface area (Å²) in [4.78, 5) is 22.1. The van der Waals surface area contributed by atoms with Gasteiger partial charge in [0, 0.05) is 32.3 Å². The summed E-state index contributed by atoms with van der Waals surface area (Å²) in [6, 6.07) is 14.3. The van der Waals surface area contributed by atoms with Gasteiger partial charge < -0.3 is 9.64 Å². The number of anilines is 1. The van der Waals surface area contributed by atoms with Gasteiger partial charge in [0.1, 0.15) is 11.6 Å². The summed E-state index contributed by atoms with van der Waals surface area (Å²) in [5.74, 6) is 3.00. The Hall–Kier alpha value is -2.40. The van der Waals surface area contributed by atoms with Crippen molar-refractivity contribution in [2.75, 3.05) is 38.2 Å². The maximum Gasteiger partial charge on any atom is 0.228 e. The molecule has 2 aliphatic rings. The number of aromatic nitrogens is 1. The number of hydrogen-bond donors (Lipinski definition) is 0. The first-order valence-electron chi connectivity index (χ1n) is 11.8. The van der Waals surface area contributed by atoms with Crippen LogP contribution in [0.25, 0.3) is 0 Å². The smallest absolute Gasteiger partial charge is 0.228 e. The van der Waals surface area contributed by atoms with Crippen LogP contribution in [0.15, 0.2) is 48.7 Å². The number of nitrogens with zero attached hydrogens (tertiary/aromatic N) is 3. The zero-order valence-corrected chi connectivity index (χ0v) is 18.7. The van der Waals surface area contributed by atoms with Crippen LogP contribution in [0, 0.1) is 5.92 Å². The second-order valence-corrected chi connectivity index (χ2v) is 9.00. The van der Waals surface area contributed by atoms with Crippen molar-refractivity contribution in [2.45, 2.75) is 50.9 Å². The van der Waals surface area contributed by atoms with Crippen molar-refractivity contribution in [2.24, 2.45) is 5.92 Å². The van der Waals surface area contributed by atoms with Gasteiger partial charge in [-0.3, -0.25) is 9.69 Å². The number of ether oxygens (including phenoxy) is 1. The van der Waals surface area contributed by atoms with Crippen molar-refractivity contribution in [3.8, 4) is 5.75 Å². The van der Waals surface area contributed by atoms with Crippen molar-refractivity contribution in [3.63, 3.8) is 0 Å². The molecule has 4 rings (SSSR count). The first kappa shape index (κ1) is 21.8. The van der Waals surface area contributed by atoms with Crippen LogP contribution >= 0.6 is 0 Å². The summed E-state index contributed by atoms with van der Waals surface area (Å²) < 4.78 is 5.39. The molecule has 1 saturated carbocycles. The second kappa shape index (κ2) is 10.8. The minimum absolute atomic E-state index is 0.231. The van der Waals surface area contributed by atoms with Crippen LogP contribution < -0.4 is 9.64 Å². The van der Waals surface area contributed by atoms with Crippen LogP contribution in [-0.2, 0) is 4.79 Å². The molecule has 1 unspecified atom stereocenters. The predicted molar refractivity (Wildman–Crippen MR) is 125 cm³/mol. The van der Waals surface area contributed by atoms with E-state index in [1.807, 2.05) is 29.2 Å². The van der Waals surface area contributed by atoms with Gasteiger partial charge in [0.15, 0.2) is 0 Å². The highest BCUT2D eigenvalue weighted by Gasteiger charge is 2.27. The van der Waals surface area contributed by atoms with Gasteiger partial charge in [0.25, 0.3) is 0 Å². The molecule has 1 aliphatic heterocycles. The van der Waals surface area contributed by atoms with Crippen LogP contribution in [0.5, 0.6) is 5.75 Å². The highest BCUT2D eigenvalue weighted by atomic mass is 16.5. The van der Waals surface area contributed by atoms with Gasteiger partial charge in [-0.05, 0) is 67.5 Å². The van der Waals surface area contributed by atoms with Gasteiger partial charge in [-0.2, -0.15) is 0 Å². The van der Waals surface area contributed by atoms with E-state index >= 15 is 0 Å². The number of carbonyl (C=O) groups excluding carboxylic acids is 1. The highest BCUT2D eigenvalue weighted by molar-refractivity contribution is 5.92. The standard InChI is InChI=1S/C26H35N3O2/c1-31-24-11-7-10-22(19-24)23-13-15-28(20-23)16-17-29(25-12-5-6-14-27-25)26(30)18-21-8-3-2-4-9-21/h5-7,10-12,14,19,21,23H,2-4,8-9,13,15-18,20H2,1H3. The summed E-state index contributed by atoms with van der Waals surface area (Å²) in [6.45, 7) is 3.68. The van der Waals surface area contributed by atoms with E-state index in [4.69, 9.17) is 4.74 Å². The Balaban J connectivity index is 1.36. The molecule has 1 saturated heterocycles. The Morgan fingerprint density at radius 3 is 2.77 bits per heavy atom. The lowest BCUT2D eigenvalue weighted by Gasteiger charge is -2.28. The molecule has 0 N–H and O–H groups in total. The van der Waals surface area contributed by atoms with Crippen molar-refractivity contribution < 1.29 is 9.53 Å². The molecule has 0 radical (unpaired) electrons. The van der Waals surface area contributed by atoms with Crippen molar-refractivity contribution in [1.29, 1.82) is 0 Å². The fourth-order valence-electron chi connectivity index (χ4n) is 5.07. The SMILES string of the molecule is COc1cccc(C2CCN(CCN(C(=O)CC3CCCCC3)c3ccccn3)C2)c1. The topological polar surface area (TPSA) is 45.7 Å².